The largest absolute Gasteiger partial charge is 0.497 e. The van der Waals surface area contributed by atoms with Crippen LogP contribution in [0.1, 0.15) is 16.8 Å². The molecule has 0 unspecified atom stereocenters. The Balaban J connectivity index is 1.76. The van der Waals surface area contributed by atoms with Crippen molar-refractivity contribution < 1.29 is 14.3 Å². The average molecular weight is 350 g/mol. The molecular formula is C21H22N2O3. The van der Waals surface area contributed by atoms with Crippen molar-refractivity contribution >= 4 is 22.5 Å². The zero-order valence-corrected chi connectivity index (χ0v) is 15.4. The second kappa shape index (κ2) is 7.44. The van der Waals surface area contributed by atoms with Crippen LogP contribution in [0.3, 0.4) is 0 Å². The molecular weight excluding hydrogens is 328 g/mol. The van der Waals surface area contributed by atoms with E-state index in [-0.39, 0.29) is 12.5 Å². The Morgan fingerprint density at radius 2 is 1.73 bits per heavy atom. The highest BCUT2D eigenvalue weighted by Gasteiger charge is 2.11. The standard InChI is InChI=1S/C21H22N2O3/c1-13-9-14(2)21-18(10-13)19(11-15(3)22-21)23-20(24)12-26-17-7-5-16(25-4)6-8-17/h5-11H,12H2,1-4H3,(H,22,23,24). The van der Waals surface area contributed by atoms with E-state index in [4.69, 9.17) is 9.47 Å². The van der Waals surface area contributed by atoms with Crippen LogP contribution in [0.15, 0.2) is 42.5 Å². The number of rotatable bonds is 5. The van der Waals surface area contributed by atoms with E-state index in [2.05, 4.69) is 16.4 Å². The highest BCUT2D eigenvalue weighted by atomic mass is 16.5. The molecule has 5 nitrogen and oxygen atoms in total. The predicted octanol–water partition coefficient (Wildman–Crippen LogP) is 4.19. The molecule has 0 fully saturated rings. The Morgan fingerprint density at radius 3 is 2.42 bits per heavy atom. The van der Waals surface area contributed by atoms with Crippen molar-refractivity contribution in [2.45, 2.75) is 20.8 Å². The highest BCUT2D eigenvalue weighted by molar-refractivity contribution is 6.02. The minimum atomic E-state index is -0.216. The third kappa shape index (κ3) is 3.94. The van der Waals surface area contributed by atoms with Crippen LogP contribution >= 0.6 is 0 Å². The summed E-state index contributed by atoms with van der Waals surface area (Å²) in [7, 11) is 1.60. The van der Waals surface area contributed by atoms with Gasteiger partial charge in [-0.2, -0.15) is 0 Å². The summed E-state index contributed by atoms with van der Waals surface area (Å²) in [5.41, 5.74) is 4.74. The molecule has 0 aliphatic heterocycles. The molecule has 5 heteroatoms. The minimum Gasteiger partial charge on any atom is -0.497 e. The van der Waals surface area contributed by atoms with Gasteiger partial charge in [-0.1, -0.05) is 11.6 Å². The summed E-state index contributed by atoms with van der Waals surface area (Å²) in [5.74, 6) is 1.14. The fourth-order valence-corrected chi connectivity index (χ4v) is 2.92. The molecule has 1 N–H and O–H groups in total. The summed E-state index contributed by atoms with van der Waals surface area (Å²) in [6.45, 7) is 5.91. The summed E-state index contributed by atoms with van der Waals surface area (Å²) in [5, 5.41) is 3.88. The predicted molar refractivity (Wildman–Crippen MR) is 103 cm³/mol. The van der Waals surface area contributed by atoms with Crippen molar-refractivity contribution in [3.63, 3.8) is 0 Å². The zero-order valence-electron chi connectivity index (χ0n) is 15.4. The van der Waals surface area contributed by atoms with Crippen LogP contribution in [0.4, 0.5) is 5.69 Å². The van der Waals surface area contributed by atoms with Crippen LogP contribution in [0.25, 0.3) is 10.9 Å². The van der Waals surface area contributed by atoms with Crippen LogP contribution in [0.5, 0.6) is 11.5 Å². The molecule has 3 rings (SSSR count). The molecule has 1 aromatic heterocycles. The van der Waals surface area contributed by atoms with E-state index in [0.29, 0.717) is 5.75 Å². The van der Waals surface area contributed by atoms with Gasteiger partial charge in [0, 0.05) is 11.1 Å². The van der Waals surface area contributed by atoms with Gasteiger partial charge < -0.3 is 14.8 Å². The molecule has 0 aliphatic rings. The first-order valence-electron chi connectivity index (χ1n) is 8.41. The maximum absolute atomic E-state index is 12.4. The van der Waals surface area contributed by atoms with E-state index in [1.807, 2.05) is 32.9 Å². The van der Waals surface area contributed by atoms with Crippen LogP contribution in [0.2, 0.25) is 0 Å². The van der Waals surface area contributed by atoms with Gasteiger partial charge >= 0.3 is 0 Å². The quantitative estimate of drug-likeness (QED) is 0.750. The number of ether oxygens (including phenoxy) is 2. The maximum Gasteiger partial charge on any atom is 0.262 e. The van der Waals surface area contributed by atoms with Crippen LogP contribution in [0, 0.1) is 20.8 Å². The fraction of sp³-hybridized carbons (Fsp3) is 0.238. The summed E-state index contributed by atoms with van der Waals surface area (Å²) in [6, 6.07) is 13.1. The van der Waals surface area contributed by atoms with Gasteiger partial charge in [0.15, 0.2) is 6.61 Å². The van der Waals surface area contributed by atoms with Crippen molar-refractivity contribution in [3.8, 4) is 11.5 Å². The van der Waals surface area contributed by atoms with E-state index in [0.717, 1.165) is 39.2 Å². The molecule has 0 aliphatic carbocycles. The van der Waals surface area contributed by atoms with E-state index >= 15 is 0 Å². The minimum absolute atomic E-state index is 0.0695. The average Bonchev–Trinajstić information content (AvgIpc) is 2.61. The molecule has 0 spiro atoms. The number of carbonyl (C=O) groups is 1. The van der Waals surface area contributed by atoms with Gasteiger partial charge in [0.2, 0.25) is 0 Å². The number of aryl methyl sites for hydroxylation is 3. The number of amides is 1. The molecule has 0 atom stereocenters. The molecule has 1 amide bonds. The number of carbonyl (C=O) groups excluding carboxylic acids is 1. The van der Waals surface area contributed by atoms with Gasteiger partial charge in [-0.15, -0.1) is 0 Å². The summed E-state index contributed by atoms with van der Waals surface area (Å²) in [6.07, 6.45) is 0. The molecule has 0 saturated heterocycles. The lowest BCUT2D eigenvalue weighted by molar-refractivity contribution is -0.118. The van der Waals surface area contributed by atoms with Crippen molar-refractivity contribution in [3.05, 3.63) is 59.3 Å². The smallest absolute Gasteiger partial charge is 0.262 e. The van der Waals surface area contributed by atoms with E-state index in [1.165, 1.54) is 0 Å². The molecule has 1 heterocycles. The molecule has 0 bridgehead atoms. The first-order chi connectivity index (χ1) is 12.5. The third-order valence-electron chi connectivity index (χ3n) is 4.08. The topological polar surface area (TPSA) is 60.5 Å². The zero-order chi connectivity index (χ0) is 18.7. The van der Waals surface area contributed by atoms with Gasteiger partial charge in [0.1, 0.15) is 11.5 Å². The van der Waals surface area contributed by atoms with Crippen molar-refractivity contribution in [2.75, 3.05) is 19.0 Å². The summed E-state index contributed by atoms with van der Waals surface area (Å²) in [4.78, 5) is 17.0. The second-order valence-electron chi connectivity index (χ2n) is 6.30. The lowest BCUT2D eigenvalue weighted by atomic mass is 10.0. The first-order valence-corrected chi connectivity index (χ1v) is 8.41. The number of hydrogen-bond donors (Lipinski definition) is 1. The lowest BCUT2D eigenvalue weighted by Gasteiger charge is -2.13. The fourth-order valence-electron chi connectivity index (χ4n) is 2.92. The molecule has 3 aromatic rings. The molecule has 2 aromatic carbocycles. The van der Waals surface area contributed by atoms with Crippen LogP contribution in [-0.4, -0.2) is 24.6 Å². The number of aromatic nitrogens is 1. The van der Waals surface area contributed by atoms with Crippen molar-refractivity contribution in [2.24, 2.45) is 0 Å². The van der Waals surface area contributed by atoms with Crippen LogP contribution < -0.4 is 14.8 Å². The van der Waals surface area contributed by atoms with Crippen molar-refractivity contribution in [1.29, 1.82) is 0 Å². The van der Waals surface area contributed by atoms with Gasteiger partial charge in [-0.3, -0.25) is 9.78 Å². The molecule has 26 heavy (non-hydrogen) atoms. The van der Waals surface area contributed by atoms with E-state index in [9.17, 15) is 4.79 Å². The third-order valence-corrected chi connectivity index (χ3v) is 4.08. The van der Waals surface area contributed by atoms with Gasteiger partial charge in [0.05, 0.1) is 18.3 Å². The molecule has 134 valence electrons. The Hall–Kier alpha value is -3.08. The van der Waals surface area contributed by atoms with Gasteiger partial charge in [0.25, 0.3) is 5.91 Å². The molecule has 0 radical (unpaired) electrons. The number of anilines is 1. The lowest BCUT2D eigenvalue weighted by Crippen LogP contribution is -2.20. The molecule has 0 saturated carbocycles. The number of hydrogen-bond acceptors (Lipinski definition) is 4. The number of fused-ring (bicyclic) bond motifs is 1. The number of benzene rings is 2. The number of pyridine rings is 1. The number of methoxy groups -OCH3 is 1. The Bertz CT molecular complexity index is 950. The van der Waals surface area contributed by atoms with Crippen LogP contribution in [-0.2, 0) is 4.79 Å². The maximum atomic E-state index is 12.4. The number of nitrogens with one attached hydrogen (secondary N) is 1. The van der Waals surface area contributed by atoms with Gasteiger partial charge in [-0.05, 0) is 62.7 Å². The van der Waals surface area contributed by atoms with E-state index in [1.54, 1.807) is 31.4 Å². The van der Waals surface area contributed by atoms with Crippen molar-refractivity contribution in [1.82, 2.24) is 4.98 Å². The number of nitrogens with zero attached hydrogens (tertiary/aromatic N) is 1. The highest BCUT2D eigenvalue weighted by Crippen LogP contribution is 2.27. The normalized spacial score (nSPS) is 10.6. The Kier molecular flexibility index (Phi) is 5.07. The summed E-state index contributed by atoms with van der Waals surface area (Å²) < 4.78 is 10.7. The summed E-state index contributed by atoms with van der Waals surface area (Å²) >= 11 is 0. The Labute approximate surface area is 153 Å². The van der Waals surface area contributed by atoms with E-state index < -0.39 is 0 Å². The Morgan fingerprint density at radius 1 is 1.04 bits per heavy atom. The first kappa shape index (κ1) is 17.7. The second-order valence-corrected chi connectivity index (χ2v) is 6.30. The van der Waals surface area contributed by atoms with Gasteiger partial charge in [-0.25, -0.2) is 0 Å². The SMILES string of the molecule is COc1ccc(OCC(=O)Nc2cc(C)nc3c(C)cc(C)cc23)cc1. The monoisotopic (exact) mass is 350 g/mol.